The number of hydrogen-bond donors (Lipinski definition) is 2. The number of benzene rings is 1. The van der Waals surface area contributed by atoms with Gasteiger partial charge in [-0.2, -0.15) is 0 Å². The molecule has 0 fully saturated rings. The molecule has 0 aromatic heterocycles. The van der Waals surface area contributed by atoms with Gasteiger partial charge in [0.25, 0.3) is 0 Å². The van der Waals surface area contributed by atoms with E-state index in [0.29, 0.717) is 6.42 Å². The van der Waals surface area contributed by atoms with Crippen LogP contribution in [0.3, 0.4) is 0 Å². The molecule has 0 bridgehead atoms. The summed E-state index contributed by atoms with van der Waals surface area (Å²) in [4.78, 5) is 0. The number of methoxy groups -OCH3 is 2. The summed E-state index contributed by atoms with van der Waals surface area (Å²) in [5.74, 6) is 0.802. The van der Waals surface area contributed by atoms with Gasteiger partial charge in [0.15, 0.2) is 0 Å². The highest BCUT2D eigenvalue weighted by molar-refractivity contribution is 5.37. The van der Waals surface area contributed by atoms with Crippen molar-refractivity contribution in [3.63, 3.8) is 0 Å². The summed E-state index contributed by atoms with van der Waals surface area (Å²) in [6, 6.07) is 5.57. The molecule has 0 spiro atoms. The number of nitrogens with two attached hydrogens (primary N) is 1. The Morgan fingerprint density at radius 1 is 1.35 bits per heavy atom. The van der Waals surface area contributed by atoms with E-state index < -0.39 is 6.10 Å². The number of ether oxygens (including phenoxy) is 2. The van der Waals surface area contributed by atoms with Crippen LogP contribution in [-0.2, 0) is 11.2 Å². The molecule has 4 nitrogen and oxygen atoms in total. The van der Waals surface area contributed by atoms with Crippen molar-refractivity contribution in [2.45, 2.75) is 25.5 Å². The Morgan fingerprint density at radius 2 is 2.06 bits per heavy atom. The van der Waals surface area contributed by atoms with Crippen LogP contribution in [0.2, 0.25) is 0 Å². The summed E-state index contributed by atoms with van der Waals surface area (Å²) >= 11 is 0. The topological polar surface area (TPSA) is 64.7 Å². The van der Waals surface area contributed by atoms with Gasteiger partial charge in [0.1, 0.15) is 5.75 Å². The quantitative estimate of drug-likeness (QED) is 0.773. The van der Waals surface area contributed by atoms with Crippen LogP contribution < -0.4 is 10.5 Å². The normalized spacial score (nSPS) is 14.4. The highest BCUT2D eigenvalue weighted by atomic mass is 16.5. The van der Waals surface area contributed by atoms with Gasteiger partial charge in [-0.1, -0.05) is 17.7 Å². The van der Waals surface area contributed by atoms with Gasteiger partial charge in [0.2, 0.25) is 0 Å². The SMILES string of the molecule is COCC(O)C(N)Cc1cc(C)ccc1OC. The lowest BCUT2D eigenvalue weighted by atomic mass is 10.00. The first kappa shape index (κ1) is 14.0. The molecular weight excluding hydrogens is 218 g/mol. The zero-order valence-corrected chi connectivity index (χ0v) is 10.6. The summed E-state index contributed by atoms with van der Waals surface area (Å²) in [5, 5.41) is 9.72. The van der Waals surface area contributed by atoms with E-state index in [9.17, 15) is 5.11 Å². The zero-order chi connectivity index (χ0) is 12.8. The highest BCUT2D eigenvalue weighted by Gasteiger charge is 2.17. The Morgan fingerprint density at radius 3 is 2.65 bits per heavy atom. The average Bonchev–Trinajstić information content (AvgIpc) is 2.29. The number of rotatable bonds is 6. The molecule has 0 heterocycles. The molecule has 0 aliphatic carbocycles. The lowest BCUT2D eigenvalue weighted by Crippen LogP contribution is -2.39. The molecule has 1 rings (SSSR count). The van der Waals surface area contributed by atoms with Crippen molar-refractivity contribution in [2.24, 2.45) is 5.73 Å². The summed E-state index contributed by atoms with van der Waals surface area (Å²) in [7, 11) is 3.18. The van der Waals surface area contributed by atoms with E-state index >= 15 is 0 Å². The molecule has 2 atom stereocenters. The van der Waals surface area contributed by atoms with Crippen LogP contribution in [0.25, 0.3) is 0 Å². The zero-order valence-electron chi connectivity index (χ0n) is 10.6. The minimum Gasteiger partial charge on any atom is -0.496 e. The van der Waals surface area contributed by atoms with Gasteiger partial charge in [-0.3, -0.25) is 0 Å². The Kier molecular flexibility index (Phi) is 5.41. The first-order valence-electron chi connectivity index (χ1n) is 5.64. The molecule has 3 N–H and O–H groups in total. The van der Waals surface area contributed by atoms with Crippen LogP contribution in [0, 0.1) is 6.92 Å². The molecule has 0 saturated carbocycles. The number of aliphatic hydroxyl groups excluding tert-OH is 1. The molecule has 4 heteroatoms. The van der Waals surface area contributed by atoms with Gasteiger partial charge in [-0.05, 0) is 25.0 Å². The summed E-state index contributed by atoms with van der Waals surface area (Å²) < 4.78 is 10.2. The third-order valence-electron chi connectivity index (χ3n) is 2.72. The predicted octanol–water partition coefficient (Wildman–Crippen LogP) is 0.881. The van der Waals surface area contributed by atoms with Crippen molar-refractivity contribution in [2.75, 3.05) is 20.8 Å². The van der Waals surface area contributed by atoms with Crippen LogP contribution in [0.1, 0.15) is 11.1 Å². The lowest BCUT2D eigenvalue weighted by Gasteiger charge is -2.19. The Labute approximate surface area is 102 Å². The van der Waals surface area contributed by atoms with E-state index in [-0.39, 0.29) is 12.6 Å². The van der Waals surface area contributed by atoms with Crippen molar-refractivity contribution in [3.8, 4) is 5.75 Å². The van der Waals surface area contributed by atoms with E-state index in [1.165, 1.54) is 0 Å². The number of aliphatic hydroxyl groups is 1. The Hall–Kier alpha value is -1.10. The second kappa shape index (κ2) is 6.59. The van der Waals surface area contributed by atoms with Gasteiger partial charge in [-0.15, -0.1) is 0 Å². The third-order valence-corrected chi connectivity index (χ3v) is 2.72. The summed E-state index contributed by atoms with van der Waals surface area (Å²) in [6.45, 7) is 2.26. The molecule has 96 valence electrons. The standard InChI is InChI=1S/C13H21NO3/c1-9-4-5-13(17-3)10(6-9)7-11(14)12(15)8-16-2/h4-6,11-12,15H,7-8,14H2,1-3H3. The largest absolute Gasteiger partial charge is 0.496 e. The number of hydrogen-bond acceptors (Lipinski definition) is 4. The van der Waals surface area contributed by atoms with Crippen molar-refractivity contribution < 1.29 is 14.6 Å². The first-order valence-corrected chi connectivity index (χ1v) is 5.64. The third kappa shape index (κ3) is 4.00. The molecule has 0 radical (unpaired) electrons. The first-order chi connectivity index (χ1) is 8.08. The van der Waals surface area contributed by atoms with E-state index in [1.54, 1.807) is 14.2 Å². The molecular formula is C13H21NO3. The fraction of sp³-hybridized carbons (Fsp3) is 0.538. The fourth-order valence-corrected chi connectivity index (χ4v) is 1.75. The van der Waals surface area contributed by atoms with Gasteiger partial charge >= 0.3 is 0 Å². The number of aryl methyl sites for hydroxylation is 1. The van der Waals surface area contributed by atoms with Crippen LogP contribution >= 0.6 is 0 Å². The summed E-state index contributed by atoms with van der Waals surface area (Å²) in [6.07, 6.45) is -0.0970. The summed E-state index contributed by atoms with van der Waals surface area (Å²) in [5.41, 5.74) is 8.08. The van der Waals surface area contributed by atoms with Crippen LogP contribution in [-0.4, -0.2) is 38.1 Å². The van der Waals surface area contributed by atoms with E-state index in [0.717, 1.165) is 16.9 Å². The molecule has 1 aromatic rings. The second-order valence-corrected chi connectivity index (χ2v) is 4.21. The Bertz CT molecular complexity index is 355. The van der Waals surface area contributed by atoms with Gasteiger partial charge in [-0.25, -0.2) is 0 Å². The average molecular weight is 239 g/mol. The highest BCUT2D eigenvalue weighted by Crippen LogP contribution is 2.21. The lowest BCUT2D eigenvalue weighted by molar-refractivity contribution is 0.0479. The van der Waals surface area contributed by atoms with E-state index in [4.69, 9.17) is 15.2 Å². The van der Waals surface area contributed by atoms with Crippen LogP contribution in [0.15, 0.2) is 18.2 Å². The van der Waals surface area contributed by atoms with Crippen molar-refractivity contribution in [3.05, 3.63) is 29.3 Å². The predicted molar refractivity (Wildman–Crippen MR) is 67.3 cm³/mol. The molecule has 0 aliphatic rings. The van der Waals surface area contributed by atoms with Gasteiger partial charge < -0.3 is 20.3 Å². The molecule has 1 aromatic carbocycles. The minimum absolute atomic E-state index is 0.245. The minimum atomic E-state index is -0.662. The molecule has 0 aliphatic heterocycles. The maximum atomic E-state index is 9.72. The van der Waals surface area contributed by atoms with Gasteiger partial charge in [0, 0.05) is 13.2 Å². The van der Waals surface area contributed by atoms with Crippen molar-refractivity contribution >= 4 is 0 Å². The smallest absolute Gasteiger partial charge is 0.122 e. The molecule has 0 amide bonds. The maximum Gasteiger partial charge on any atom is 0.122 e. The molecule has 17 heavy (non-hydrogen) atoms. The molecule has 2 unspecified atom stereocenters. The van der Waals surface area contributed by atoms with Gasteiger partial charge in [0.05, 0.1) is 19.8 Å². The maximum absolute atomic E-state index is 9.72. The van der Waals surface area contributed by atoms with Crippen LogP contribution in [0.5, 0.6) is 5.75 Å². The van der Waals surface area contributed by atoms with Crippen LogP contribution in [0.4, 0.5) is 0 Å². The fourth-order valence-electron chi connectivity index (χ4n) is 1.75. The van der Waals surface area contributed by atoms with E-state index in [2.05, 4.69) is 0 Å². The Balaban J connectivity index is 2.76. The van der Waals surface area contributed by atoms with Crippen molar-refractivity contribution in [1.82, 2.24) is 0 Å². The van der Waals surface area contributed by atoms with Crippen molar-refractivity contribution in [1.29, 1.82) is 0 Å². The van der Waals surface area contributed by atoms with E-state index in [1.807, 2.05) is 25.1 Å². The molecule has 0 saturated heterocycles. The second-order valence-electron chi connectivity index (χ2n) is 4.21. The monoisotopic (exact) mass is 239 g/mol.